The van der Waals surface area contributed by atoms with E-state index < -0.39 is 0 Å². The molecule has 0 saturated heterocycles. The molecule has 4 nitrogen and oxygen atoms in total. The van der Waals surface area contributed by atoms with Crippen molar-refractivity contribution in [3.05, 3.63) is 32.0 Å². The highest BCUT2D eigenvalue weighted by Gasteiger charge is 2.20. The first-order chi connectivity index (χ1) is 9.65. The van der Waals surface area contributed by atoms with E-state index in [1.807, 2.05) is 12.5 Å². The van der Waals surface area contributed by atoms with Gasteiger partial charge in [-0.1, -0.05) is 35.0 Å². The lowest BCUT2D eigenvalue weighted by molar-refractivity contribution is 0.244. The zero-order valence-corrected chi connectivity index (χ0v) is 13.9. The highest BCUT2D eigenvalue weighted by Crippen LogP contribution is 2.29. The van der Waals surface area contributed by atoms with Gasteiger partial charge in [0.1, 0.15) is 5.15 Å². The Morgan fingerprint density at radius 3 is 2.95 bits per heavy atom. The number of thioether (sulfide) groups is 1. The molecule has 1 aliphatic heterocycles. The Hall–Kier alpha value is -0.400. The molecular weight excluding hydrogens is 335 g/mol. The minimum Gasteiger partial charge on any atom is -0.293 e. The summed E-state index contributed by atoms with van der Waals surface area (Å²) in [4.78, 5) is 16.3. The molecule has 0 atom stereocenters. The van der Waals surface area contributed by atoms with Gasteiger partial charge in [0.2, 0.25) is 0 Å². The second kappa shape index (κ2) is 6.15. The van der Waals surface area contributed by atoms with Crippen LogP contribution in [0.5, 0.6) is 0 Å². The third-order valence-electron chi connectivity index (χ3n) is 3.16. The predicted octanol–water partition coefficient (Wildman–Crippen LogP) is 3.52. The Balaban J connectivity index is 1.74. The van der Waals surface area contributed by atoms with E-state index >= 15 is 0 Å². The highest BCUT2D eigenvalue weighted by molar-refractivity contribution is 7.98. The summed E-state index contributed by atoms with van der Waals surface area (Å²) < 4.78 is 0.496. The number of nitrogens with zero attached hydrogens (tertiary/aromatic N) is 4. The number of thiazole rings is 1. The summed E-state index contributed by atoms with van der Waals surface area (Å²) in [6.07, 6.45) is 4.86. The Labute approximate surface area is 135 Å². The van der Waals surface area contributed by atoms with E-state index in [0.29, 0.717) is 9.62 Å². The average Bonchev–Trinajstić information content (AvgIpc) is 2.76. The van der Waals surface area contributed by atoms with E-state index in [-0.39, 0.29) is 0 Å². The van der Waals surface area contributed by atoms with Gasteiger partial charge in [-0.3, -0.25) is 4.90 Å². The van der Waals surface area contributed by atoms with Crippen LogP contribution in [0.25, 0.3) is 0 Å². The molecule has 0 amide bonds. The Bertz CT molecular complexity index is 632. The first-order valence-corrected chi connectivity index (χ1v) is 8.87. The number of rotatable bonds is 3. The van der Waals surface area contributed by atoms with Gasteiger partial charge in [-0.15, -0.1) is 11.3 Å². The fraction of sp³-hybridized carbons (Fsp3) is 0.417. The smallest absolute Gasteiger partial charge is 0.187 e. The Morgan fingerprint density at radius 1 is 1.40 bits per heavy atom. The molecule has 0 aliphatic carbocycles. The molecule has 0 fully saturated rings. The van der Waals surface area contributed by atoms with E-state index in [2.05, 4.69) is 19.9 Å². The molecule has 0 unspecified atom stereocenters. The maximum atomic E-state index is 6.06. The summed E-state index contributed by atoms with van der Waals surface area (Å²) in [6.45, 7) is 2.58. The van der Waals surface area contributed by atoms with Crippen molar-refractivity contribution >= 4 is 46.3 Å². The van der Waals surface area contributed by atoms with Crippen molar-refractivity contribution in [1.29, 1.82) is 0 Å². The molecule has 1 aliphatic rings. The molecule has 20 heavy (non-hydrogen) atoms. The molecule has 0 bridgehead atoms. The zero-order chi connectivity index (χ0) is 14.1. The van der Waals surface area contributed by atoms with E-state index in [1.54, 1.807) is 11.8 Å². The van der Waals surface area contributed by atoms with Gasteiger partial charge in [-0.05, 0) is 6.26 Å². The summed E-state index contributed by atoms with van der Waals surface area (Å²) in [6, 6.07) is 0. The van der Waals surface area contributed by atoms with Crippen molar-refractivity contribution in [3.8, 4) is 0 Å². The standard InChI is InChI=1S/C12H12Cl2N4S2/c1-19-12-15-4-7-5-18(3-2-8(7)16-12)6-9-10(13)17-11(14)20-9/h4H,2-3,5-6H2,1H3. The first-order valence-electron chi connectivity index (χ1n) is 6.07. The van der Waals surface area contributed by atoms with Gasteiger partial charge in [0, 0.05) is 37.8 Å². The van der Waals surface area contributed by atoms with Gasteiger partial charge in [0.15, 0.2) is 9.62 Å². The molecule has 8 heteroatoms. The maximum Gasteiger partial charge on any atom is 0.187 e. The fourth-order valence-electron chi connectivity index (χ4n) is 2.20. The van der Waals surface area contributed by atoms with Crippen LogP contribution < -0.4 is 0 Å². The summed E-state index contributed by atoms with van der Waals surface area (Å²) in [5, 5.41) is 1.36. The zero-order valence-electron chi connectivity index (χ0n) is 10.8. The third-order valence-corrected chi connectivity index (χ3v) is 5.30. The van der Waals surface area contributed by atoms with Crippen molar-refractivity contribution in [1.82, 2.24) is 19.9 Å². The Morgan fingerprint density at radius 2 is 2.25 bits per heavy atom. The second-order valence-electron chi connectivity index (χ2n) is 4.47. The molecule has 0 spiro atoms. The molecular formula is C12H12Cl2N4S2. The lowest BCUT2D eigenvalue weighted by Crippen LogP contribution is -2.30. The third kappa shape index (κ3) is 3.09. The van der Waals surface area contributed by atoms with Gasteiger partial charge in [0.25, 0.3) is 0 Å². The normalized spacial score (nSPS) is 15.3. The molecule has 2 aromatic heterocycles. The number of hydrogen-bond acceptors (Lipinski definition) is 6. The Kier molecular flexibility index (Phi) is 4.47. The van der Waals surface area contributed by atoms with E-state index in [4.69, 9.17) is 23.2 Å². The number of hydrogen-bond donors (Lipinski definition) is 0. The minimum atomic E-state index is 0.496. The molecule has 3 heterocycles. The fourth-order valence-corrected chi connectivity index (χ4v) is 3.99. The minimum absolute atomic E-state index is 0.496. The molecule has 3 rings (SSSR count). The van der Waals surface area contributed by atoms with E-state index in [1.165, 1.54) is 16.9 Å². The van der Waals surface area contributed by atoms with Crippen LogP contribution in [0.2, 0.25) is 9.62 Å². The van der Waals surface area contributed by atoms with Crippen LogP contribution in [-0.4, -0.2) is 32.7 Å². The lowest BCUT2D eigenvalue weighted by atomic mass is 10.1. The van der Waals surface area contributed by atoms with Crippen LogP contribution in [0.1, 0.15) is 16.1 Å². The molecule has 0 radical (unpaired) electrons. The number of halogens is 2. The van der Waals surface area contributed by atoms with Crippen LogP contribution in [0.4, 0.5) is 0 Å². The van der Waals surface area contributed by atoms with Crippen molar-refractivity contribution in [2.24, 2.45) is 0 Å². The van der Waals surface area contributed by atoms with Gasteiger partial charge >= 0.3 is 0 Å². The van der Waals surface area contributed by atoms with Gasteiger partial charge in [-0.25, -0.2) is 15.0 Å². The molecule has 106 valence electrons. The second-order valence-corrected chi connectivity index (χ2v) is 7.27. The topological polar surface area (TPSA) is 41.9 Å². The molecule has 0 aromatic carbocycles. The van der Waals surface area contributed by atoms with Crippen LogP contribution >= 0.6 is 46.3 Å². The largest absolute Gasteiger partial charge is 0.293 e. The van der Waals surface area contributed by atoms with Crippen LogP contribution in [0.3, 0.4) is 0 Å². The summed E-state index contributed by atoms with van der Waals surface area (Å²) in [5.74, 6) is 0. The highest BCUT2D eigenvalue weighted by atomic mass is 35.5. The number of fused-ring (bicyclic) bond motifs is 1. The maximum absolute atomic E-state index is 6.06. The monoisotopic (exact) mass is 346 g/mol. The van der Waals surface area contributed by atoms with E-state index in [9.17, 15) is 0 Å². The first kappa shape index (κ1) is 14.5. The van der Waals surface area contributed by atoms with Crippen LogP contribution in [0, 0.1) is 0 Å². The van der Waals surface area contributed by atoms with Gasteiger partial charge in [0.05, 0.1) is 10.6 Å². The molecule has 0 N–H and O–H groups in total. The quantitative estimate of drug-likeness (QED) is 0.628. The molecule has 0 saturated carbocycles. The van der Waals surface area contributed by atoms with E-state index in [0.717, 1.165) is 41.8 Å². The number of aromatic nitrogens is 3. The lowest BCUT2D eigenvalue weighted by Gasteiger charge is -2.27. The van der Waals surface area contributed by atoms with Crippen molar-refractivity contribution < 1.29 is 0 Å². The van der Waals surface area contributed by atoms with Crippen LogP contribution in [-0.2, 0) is 19.5 Å². The van der Waals surface area contributed by atoms with Crippen molar-refractivity contribution in [3.63, 3.8) is 0 Å². The summed E-state index contributed by atoms with van der Waals surface area (Å²) in [7, 11) is 0. The van der Waals surface area contributed by atoms with Gasteiger partial charge in [-0.2, -0.15) is 0 Å². The van der Waals surface area contributed by atoms with Gasteiger partial charge < -0.3 is 0 Å². The predicted molar refractivity (Wildman–Crippen MR) is 83.8 cm³/mol. The van der Waals surface area contributed by atoms with Crippen molar-refractivity contribution in [2.75, 3.05) is 12.8 Å². The summed E-state index contributed by atoms with van der Waals surface area (Å²) in [5.41, 5.74) is 2.36. The molecule has 2 aromatic rings. The van der Waals surface area contributed by atoms with Crippen molar-refractivity contribution in [2.45, 2.75) is 24.7 Å². The summed E-state index contributed by atoms with van der Waals surface area (Å²) >= 11 is 15.0. The SMILES string of the molecule is CSc1ncc2c(n1)CCN(Cc1sc(Cl)nc1Cl)C2. The van der Waals surface area contributed by atoms with Crippen LogP contribution in [0.15, 0.2) is 11.4 Å². The average molecular weight is 347 g/mol.